The summed E-state index contributed by atoms with van der Waals surface area (Å²) in [5, 5.41) is 11.6. The van der Waals surface area contributed by atoms with Crippen molar-refractivity contribution in [1.82, 2.24) is 10.3 Å². The molecule has 1 heterocycles. The van der Waals surface area contributed by atoms with Crippen LogP contribution < -0.4 is 10.2 Å². The van der Waals surface area contributed by atoms with Gasteiger partial charge in [-0.25, -0.2) is 4.98 Å². The summed E-state index contributed by atoms with van der Waals surface area (Å²) in [6.45, 7) is 4.35. The molecule has 1 atom stereocenters. The highest BCUT2D eigenvalue weighted by atomic mass is 16.2. The molecule has 1 aromatic rings. The third kappa shape index (κ3) is 4.96. The number of nitriles is 1. The van der Waals surface area contributed by atoms with E-state index in [1.165, 1.54) is 6.20 Å². The molecule has 1 aromatic heterocycles. The topological polar surface area (TPSA) is 69.0 Å². The lowest BCUT2D eigenvalue weighted by Gasteiger charge is -2.19. The van der Waals surface area contributed by atoms with Gasteiger partial charge in [-0.3, -0.25) is 4.79 Å². The van der Waals surface area contributed by atoms with Crippen molar-refractivity contribution in [3.63, 3.8) is 0 Å². The third-order valence-corrected chi connectivity index (χ3v) is 2.78. The van der Waals surface area contributed by atoms with Crippen molar-refractivity contribution in [2.75, 3.05) is 18.5 Å². The third-order valence-electron chi connectivity index (χ3n) is 2.78. The average Bonchev–Trinajstić information content (AvgIpc) is 2.38. The van der Waals surface area contributed by atoms with Gasteiger partial charge in [-0.2, -0.15) is 5.26 Å². The molecule has 0 spiro atoms. The van der Waals surface area contributed by atoms with Crippen LogP contribution in [0.2, 0.25) is 0 Å². The fourth-order valence-electron chi connectivity index (χ4n) is 1.80. The fraction of sp³-hybridized carbons (Fsp3) is 0.500. The van der Waals surface area contributed by atoms with E-state index in [9.17, 15) is 4.79 Å². The summed E-state index contributed by atoms with van der Waals surface area (Å²) >= 11 is 0. The van der Waals surface area contributed by atoms with Gasteiger partial charge in [0.1, 0.15) is 11.9 Å². The van der Waals surface area contributed by atoms with Crippen LogP contribution in [0.5, 0.6) is 0 Å². The first kappa shape index (κ1) is 15.0. The molecule has 5 heteroatoms. The van der Waals surface area contributed by atoms with Gasteiger partial charge in [0, 0.05) is 19.3 Å². The summed E-state index contributed by atoms with van der Waals surface area (Å²) in [6, 6.07) is 5.64. The number of rotatable bonds is 6. The Balaban J connectivity index is 2.51. The summed E-state index contributed by atoms with van der Waals surface area (Å²) in [5.74, 6) is 0.659. The molecule has 5 nitrogen and oxygen atoms in total. The molecule has 0 aromatic carbocycles. The number of carbonyl (C=O) groups is 1. The van der Waals surface area contributed by atoms with Gasteiger partial charge < -0.3 is 10.2 Å². The van der Waals surface area contributed by atoms with E-state index in [0.29, 0.717) is 11.4 Å². The van der Waals surface area contributed by atoms with Crippen molar-refractivity contribution in [2.45, 2.75) is 32.7 Å². The Morgan fingerprint density at radius 1 is 1.58 bits per heavy atom. The molecular weight excluding hydrogens is 240 g/mol. The minimum Gasteiger partial charge on any atom is -0.352 e. The molecule has 0 saturated carbocycles. The van der Waals surface area contributed by atoms with E-state index in [0.717, 1.165) is 12.8 Å². The van der Waals surface area contributed by atoms with Gasteiger partial charge in [0.25, 0.3) is 0 Å². The monoisotopic (exact) mass is 260 g/mol. The Morgan fingerprint density at radius 2 is 2.32 bits per heavy atom. The number of hydrogen-bond acceptors (Lipinski definition) is 4. The fourth-order valence-corrected chi connectivity index (χ4v) is 1.80. The molecular formula is C14H20N4O. The molecule has 19 heavy (non-hydrogen) atoms. The highest BCUT2D eigenvalue weighted by molar-refractivity contribution is 5.81. The van der Waals surface area contributed by atoms with Crippen LogP contribution in [0.1, 0.15) is 32.3 Å². The molecule has 1 N–H and O–H groups in total. The molecule has 0 saturated heterocycles. The van der Waals surface area contributed by atoms with Gasteiger partial charge in [-0.05, 0) is 25.5 Å². The first-order chi connectivity index (χ1) is 9.06. The van der Waals surface area contributed by atoms with E-state index < -0.39 is 0 Å². The zero-order valence-corrected chi connectivity index (χ0v) is 11.7. The summed E-state index contributed by atoms with van der Waals surface area (Å²) in [7, 11) is 1.80. The Morgan fingerprint density at radius 3 is 2.84 bits per heavy atom. The molecule has 1 amide bonds. The number of aromatic nitrogens is 1. The van der Waals surface area contributed by atoms with Crippen LogP contribution in [0.25, 0.3) is 0 Å². The summed E-state index contributed by atoms with van der Waals surface area (Å²) in [4.78, 5) is 17.7. The molecule has 102 valence electrons. The molecule has 0 bridgehead atoms. The second kappa shape index (κ2) is 7.37. The molecule has 1 unspecified atom stereocenters. The molecule has 1 rings (SSSR count). The SMILES string of the molecule is CCCC(C)NC(=O)CN(C)c1ccc(C#N)cn1. The zero-order valence-electron chi connectivity index (χ0n) is 11.7. The first-order valence-corrected chi connectivity index (χ1v) is 6.43. The van der Waals surface area contributed by atoms with Gasteiger partial charge in [0.05, 0.1) is 12.1 Å². The van der Waals surface area contributed by atoms with Crippen molar-refractivity contribution >= 4 is 11.7 Å². The van der Waals surface area contributed by atoms with Crippen LogP contribution in [0.15, 0.2) is 18.3 Å². The van der Waals surface area contributed by atoms with Crippen LogP contribution in [0.3, 0.4) is 0 Å². The van der Waals surface area contributed by atoms with Crippen molar-refractivity contribution in [1.29, 1.82) is 5.26 Å². The van der Waals surface area contributed by atoms with Gasteiger partial charge in [0.2, 0.25) is 5.91 Å². The predicted molar refractivity (Wildman–Crippen MR) is 74.7 cm³/mol. The Kier molecular flexibility index (Phi) is 5.80. The lowest BCUT2D eigenvalue weighted by Crippen LogP contribution is -2.40. The van der Waals surface area contributed by atoms with Gasteiger partial charge in [0.15, 0.2) is 0 Å². The maximum absolute atomic E-state index is 11.8. The van der Waals surface area contributed by atoms with E-state index in [1.807, 2.05) is 13.0 Å². The van der Waals surface area contributed by atoms with Gasteiger partial charge in [-0.1, -0.05) is 13.3 Å². The normalized spacial score (nSPS) is 11.5. The molecule has 0 radical (unpaired) electrons. The minimum atomic E-state index is -0.0189. The minimum absolute atomic E-state index is 0.0189. The smallest absolute Gasteiger partial charge is 0.239 e. The van der Waals surface area contributed by atoms with E-state index >= 15 is 0 Å². The lowest BCUT2D eigenvalue weighted by molar-refractivity contribution is -0.120. The number of likely N-dealkylation sites (N-methyl/N-ethyl adjacent to an activating group) is 1. The maximum Gasteiger partial charge on any atom is 0.239 e. The molecule has 0 fully saturated rings. The average molecular weight is 260 g/mol. The number of amides is 1. The van der Waals surface area contributed by atoms with Crippen molar-refractivity contribution in [2.24, 2.45) is 0 Å². The quantitative estimate of drug-likeness (QED) is 0.845. The van der Waals surface area contributed by atoms with Crippen molar-refractivity contribution in [3.8, 4) is 6.07 Å². The number of anilines is 1. The van der Waals surface area contributed by atoms with Crippen LogP contribution in [0.4, 0.5) is 5.82 Å². The second-order valence-electron chi connectivity index (χ2n) is 4.63. The lowest BCUT2D eigenvalue weighted by atomic mass is 10.2. The number of nitrogens with one attached hydrogen (secondary N) is 1. The number of hydrogen-bond donors (Lipinski definition) is 1. The van der Waals surface area contributed by atoms with Gasteiger partial charge in [-0.15, -0.1) is 0 Å². The number of carbonyl (C=O) groups excluding carboxylic acids is 1. The van der Waals surface area contributed by atoms with Crippen molar-refractivity contribution < 1.29 is 4.79 Å². The number of pyridine rings is 1. The zero-order chi connectivity index (χ0) is 14.3. The first-order valence-electron chi connectivity index (χ1n) is 6.43. The Bertz CT molecular complexity index is 450. The van der Waals surface area contributed by atoms with E-state index in [2.05, 4.69) is 17.2 Å². The van der Waals surface area contributed by atoms with Crippen LogP contribution in [-0.4, -0.2) is 30.5 Å². The largest absolute Gasteiger partial charge is 0.352 e. The van der Waals surface area contributed by atoms with Crippen molar-refractivity contribution in [3.05, 3.63) is 23.9 Å². The summed E-state index contributed by atoms with van der Waals surface area (Å²) in [6.07, 6.45) is 3.53. The van der Waals surface area contributed by atoms with E-state index in [4.69, 9.17) is 5.26 Å². The van der Waals surface area contributed by atoms with Crippen LogP contribution in [-0.2, 0) is 4.79 Å². The highest BCUT2D eigenvalue weighted by Crippen LogP contribution is 2.08. The molecule has 0 aliphatic rings. The predicted octanol–water partition coefficient (Wildman–Crippen LogP) is 1.69. The van der Waals surface area contributed by atoms with Crippen LogP contribution >= 0.6 is 0 Å². The number of nitrogens with zero attached hydrogens (tertiary/aromatic N) is 3. The van der Waals surface area contributed by atoms with E-state index in [-0.39, 0.29) is 18.5 Å². The summed E-state index contributed by atoms with van der Waals surface area (Å²) in [5.41, 5.74) is 0.512. The van der Waals surface area contributed by atoms with Gasteiger partial charge >= 0.3 is 0 Å². The Labute approximate surface area is 114 Å². The summed E-state index contributed by atoms with van der Waals surface area (Å²) < 4.78 is 0. The standard InChI is InChI=1S/C14H20N4O/c1-4-5-11(2)17-14(19)10-18(3)13-7-6-12(8-15)9-16-13/h6-7,9,11H,4-5,10H2,1-3H3,(H,17,19). The molecule has 0 aliphatic heterocycles. The van der Waals surface area contributed by atoms with Crippen LogP contribution in [0, 0.1) is 11.3 Å². The molecule has 0 aliphatic carbocycles. The second-order valence-corrected chi connectivity index (χ2v) is 4.63. The maximum atomic E-state index is 11.8. The Hall–Kier alpha value is -2.09. The highest BCUT2D eigenvalue weighted by Gasteiger charge is 2.10. The van der Waals surface area contributed by atoms with E-state index in [1.54, 1.807) is 24.1 Å².